The smallest absolute Gasteiger partial charge is 0.241 e. The van der Waals surface area contributed by atoms with Gasteiger partial charge >= 0.3 is 0 Å². The molecule has 0 fully saturated rings. The third-order valence-corrected chi connectivity index (χ3v) is 3.63. The standard InChI is InChI=1S/C12H19N3O3S/c1-2-3-6-9(13)12(16)15-10-7-4-5-8-11(10)19(14,17)18/h4-5,7-9H,2-3,6,13H2,1H3,(H,15,16)(H2,14,17,18). The first kappa shape index (κ1) is 15.6. The number of rotatable bonds is 6. The van der Waals surface area contributed by atoms with Gasteiger partial charge in [-0.2, -0.15) is 0 Å². The molecule has 1 aromatic carbocycles. The maximum atomic E-state index is 11.8. The molecule has 7 heteroatoms. The van der Waals surface area contributed by atoms with Crippen molar-refractivity contribution in [1.29, 1.82) is 0 Å². The van der Waals surface area contributed by atoms with Crippen LogP contribution in [0.25, 0.3) is 0 Å². The number of anilines is 1. The molecule has 6 nitrogen and oxygen atoms in total. The van der Waals surface area contributed by atoms with Gasteiger partial charge in [-0.1, -0.05) is 31.9 Å². The third-order valence-electron chi connectivity index (χ3n) is 2.66. The second-order valence-electron chi connectivity index (χ2n) is 4.28. The van der Waals surface area contributed by atoms with Crippen LogP contribution in [-0.2, 0) is 14.8 Å². The van der Waals surface area contributed by atoms with Crippen molar-refractivity contribution in [3.05, 3.63) is 24.3 Å². The van der Waals surface area contributed by atoms with Crippen LogP contribution >= 0.6 is 0 Å². The van der Waals surface area contributed by atoms with Gasteiger partial charge in [-0.15, -0.1) is 0 Å². The van der Waals surface area contributed by atoms with Crippen molar-refractivity contribution in [3.63, 3.8) is 0 Å². The van der Waals surface area contributed by atoms with Crippen molar-refractivity contribution in [2.24, 2.45) is 10.9 Å². The number of primary sulfonamides is 1. The number of benzene rings is 1. The van der Waals surface area contributed by atoms with Crippen molar-refractivity contribution in [1.82, 2.24) is 0 Å². The van der Waals surface area contributed by atoms with Gasteiger partial charge in [-0.25, -0.2) is 13.6 Å². The normalized spacial score (nSPS) is 13.0. The summed E-state index contributed by atoms with van der Waals surface area (Å²) >= 11 is 0. The van der Waals surface area contributed by atoms with Crippen LogP contribution in [0.15, 0.2) is 29.2 Å². The van der Waals surface area contributed by atoms with E-state index in [1.165, 1.54) is 18.2 Å². The van der Waals surface area contributed by atoms with Crippen LogP contribution in [0.1, 0.15) is 26.2 Å². The number of hydrogen-bond donors (Lipinski definition) is 3. The average molecular weight is 285 g/mol. The lowest BCUT2D eigenvalue weighted by Gasteiger charge is -2.13. The quantitative estimate of drug-likeness (QED) is 0.716. The topological polar surface area (TPSA) is 115 Å². The van der Waals surface area contributed by atoms with E-state index in [2.05, 4.69) is 5.32 Å². The fourth-order valence-electron chi connectivity index (χ4n) is 1.60. The lowest BCUT2D eigenvalue weighted by atomic mass is 10.1. The predicted octanol–water partition coefficient (Wildman–Crippen LogP) is 0.790. The summed E-state index contributed by atoms with van der Waals surface area (Å²) in [6.07, 6.45) is 2.33. The molecule has 0 heterocycles. The minimum absolute atomic E-state index is 0.119. The molecular weight excluding hydrogens is 266 g/mol. The van der Waals surface area contributed by atoms with Crippen LogP contribution < -0.4 is 16.2 Å². The van der Waals surface area contributed by atoms with Crippen molar-refractivity contribution >= 4 is 21.6 Å². The minimum Gasteiger partial charge on any atom is -0.324 e. The van der Waals surface area contributed by atoms with Gasteiger partial charge in [0, 0.05) is 0 Å². The van der Waals surface area contributed by atoms with Crippen LogP contribution in [0.3, 0.4) is 0 Å². The molecule has 1 atom stereocenters. The summed E-state index contributed by atoms with van der Waals surface area (Å²) in [4.78, 5) is 11.7. The molecule has 106 valence electrons. The Balaban J connectivity index is 2.86. The monoisotopic (exact) mass is 285 g/mol. The molecular formula is C12H19N3O3S. The van der Waals surface area contributed by atoms with Crippen LogP contribution in [0.5, 0.6) is 0 Å². The van der Waals surface area contributed by atoms with Gasteiger partial charge in [0.25, 0.3) is 0 Å². The van der Waals surface area contributed by atoms with Gasteiger partial charge in [-0.3, -0.25) is 4.79 Å². The maximum absolute atomic E-state index is 11.8. The SMILES string of the molecule is CCCCC(N)C(=O)Nc1ccccc1S(N)(=O)=O. The summed E-state index contributed by atoms with van der Waals surface area (Å²) in [6.45, 7) is 2.00. The van der Waals surface area contributed by atoms with E-state index >= 15 is 0 Å². The van der Waals surface area contributed by atoms with E-state index < -0.39 is 22.0 Å². The zero-order valence-corrected chi connectivity index (χ0v) is 11.6. The van der Waals surface area contributed by atoms with E-state index in [1.54, 1.807) is 6.07 Å². The molecule has 1 aromatic rings. The Hall–Kier alpha value is -1.44. The molecule has 5 N–H and O–H groups in total. The molecule has 0 aromatic heterocycles. The summed E-state index contributed by atoms with van der Waals surface area (Å²) < 4.78 is 22.7. The largest absolute Gasteiger partial charge is 0.324 e. The third kappa shape index (κ3) is 4.62. The molecule has 0 saturated heterocycles. The number of para-hydroxylation sites is 1. The Bertz CT molecular complexity index is 543. The molecule has 1 rings (SSSR count). The summed E-state index contributed by atoms with van der Waals surface area (Å²) in [5.41, 5.74) is 5.87. The van der Waals surface area contributed by atoms with Gasteiger partial charge in [0.2, 0.25) is 15.9 Å². The zero-order chi connectivity index (χ0) is 14.5. The number of carbonyl (C=O) groups is 1. The van der Waals surface area contributed by atoms with Crippen LogP contribution in [0, 0.1) is 0 Å². The van der Waals surface area contributed by atoms with Crippen molar-refractivity contribution < 1.29 is 13.2 Å². The molecule has 0 bridgehead atoms. The number of unbranched alkanes of at least 4 members (excludes halogenated alkanes) is 1. The Morgan fingerprint density at radius 2 is 2.00 bits per heavy atom. The summed E-state index contributed by atoms with van der Waals surface area (Å²) in [7, 11) is -3.88. The van der Waals surface area contributed by atoms with E-state index in [-0.39, 0.29) is 10.6 Å². The number of amides is 1. The van der Waals surface area contributed by atoms with Gasteiger partial charge < -0.3 is 11.1 Å². The van der Waals surface area contributed by atoms with Gasteiger partial charge in [-0.05, 0) is 18.6 Å². The molecule has 0 aliphatic carbocycles. The molecule has 0 spiro atoms. The molecule has 0 saturated carbocycles. The highest BCUT2D eigenvalue weighted by Crippen LogP contribution is 2.19. The lowest BCUT2D eigenvalue weighted by molar-refractivity contribution is -0.117. The Morgan fingerprint density at radius 3 is 2.58 bits per heavy atom. The first-order chi connectivity index (χ1) is 8.86. The fourth-order valence-corrected chi connectivity index (χ4v) is 2.29. The summed E-state index contributed by atoms with van der Waals surface area (Å²) in [5, 5.41) is 7.58. The first-order valence-electron chi connectivity index (χ1n) is 6.04. The van der Waals surface area contributed by atoms with E-state index in [4.69, 9.17) is 10.9 Å². The van der Waals surface area contributed by atoms with E-state index in [0.717, 1.165) is 12.8 Å². The van der Waals surface area contributed by atoms with Crippen molar-refractivity contribution in [2.75, 3.05) is 5.32 Å². The molecule has 0 radical (unpaired) electrons. The number of sulfonamides is 1. The Kier molecular flexibility index (Phi) is 5.46. The first-order valence-corrected chi connectivity index (χ1v) is 7.59. The van der Waals surface area contributed by atoms with Crippen LogP contribution in [0.2, 0.25) is 0 Å². The highest BCUT2D eigenvalue weighted by atomic mass is 32.2. The average Bonchev–Trinajstić information content (AvgIpc) is 2.35. The van der Waals surface area contributed by atoms with Crippen LogP contribution in [-0.4, -0.2) is 20.4 Å². The summed E-state index contributed by atoms with van der Waals surface area (Å²) in [5.74, 6) is -0.412. The molecule has 1 unspecified atom stereocenters. The van der Waals surface area contributed by atoms with Crippen molar-refractivity contribution in [3.8, 4) is 0 Å². The maximum Gasteiger partial charge on any atom is 0.241 e. The number of carbonyl (C=O) groups excluding carboxylic acids is 1. The molecule has 19 heavy (non-hydrogen) atoms. The highest BCUT2D eigenvalue weighted by Gasteiger charge is 2.18. The van der Waals surface area contributed by atoms with E-state index in [1.807, 2.05) is 6.92 Å². The number of nitrogens with one attached hydrogen (secondary N) is 1. The van der Waals surface area contributed by atoms with Gasteiger partial charge in [0.05, 0.1) is 11.7 Å². The summed E-state index contributed by atoms with van der Waals surface area (Å²) in [6, 6.07) is 5.30. The van der Waals surface area contributed by atoms with E-state index in [0.29, 0.717) is 6.42 Å². The fraction of sp³-hybridized carbons (Fsp3) is 0.417. The van der Waals surface area contributed by atoms with Gasteiger partial charge in [0.15, 0.2) is 0 Å². The second kappa shape index (κ2) is 6.65. The molecule has 0 aliphatic rings. The Labute approximate surface area is 113 Å². The van der Waals surface area contributed by atoms with Gasteiger partial charge in [0.1, 0.15) is 4.90 Å². The van der Waals surface area contributed by atoms with Crippen LogP contribution in [0.4, 0.5) is 5.69 Å². The molecule has 1 amide bonds. The second-order valence-corrected chi connectivity index (χ2v) is 5.81. The highest BCUT2D eigenvalue weighted by molar-refractivity contribution is 7.89. The Morgan fingerprint density at radius 1 is 1.37 bits per heavy atom. The minimum atomic E-state index is -3.88. The molecule has 0 aliphatic heterocycles. The predicted molar refractivity (Wildman–Crippen MR) is 73.9 cm³/mol. The van der Waals surface area contributed by atoms with Crippen molar-refractivity contribution in [2.45, 2.75) is 37.1 Å². The number of nitrogens with two attached hydrogens (primary N) is 2. The number of hydrogen-bond acceptors (Lipinski definition) is 4. The lowest BCUT2D eigenvalue weighted by Crippen LogP contribution is -2.36. The zero-order valence-electron chi connectivity index (χ0n) is 10.8. The van der Waals surface area contributed by atoms with E-state index in [9.17, 15) is 13.2 Å².